The van der Waals surface area contributed by atoms with Gasteiger partial charge in [-0.15, -0.1) is 11.3 Å². The quantitative estimate of drug-likeness (QED) is 0.744. The summed E-state index contributed by atoms with van der Waals surface area (Å²) in [7, 11) is -2.10. The monoisotopic (exact) mass is 422 g/mol. The lowest BCUT2D eigenvalue weighted by atomic mass is 10.3. The van der Waals surface area contributed by atoms with E-state index in [0.29, 0.717) is 11.3 Å². The second kappa shape index (κ2) is 6.20. The fourth-order valence-corrected chi connectivity index (χ4v) is 3.52. The number of thiophene rings is 1. The summed E-state index contributed by atoms with van der Waals surface area (Å²) < 4.78 is 26.4. The first kappa shape index (κ1) is 15.4. The summed E-state index contributed by atoms with van der Waals surface area (Å²) in [5.41, 5.74) is 1.14. The number of nitrogens with one attached hydrogen (secondary N) is 2. The Bertz CT molecular complexity index is 723. The average Bonchev–Trinajstić information content (AvgIpc) is 2.86. The predicted octanol–water partition coefficient (Wildman–Crippen LogP) is 2.51. The zero-order chi connectivity index (χ0) is 14.8. The number of hydrogen-bond acceptors (Lipinski definition) is 4. The summed E-state index contributed by atoms with van der Waals surface area (Å²) in [4.78, 5) is 12.1. The van der Waals surface area contributed by atoms with Crippen molar-refractivity contribution < 1.29 is 13.2 Å². The van der Waals surface area contributed by atoms with Gasteiger partial charge in [-0.1, -0.05) is 0 Å². The second-order valence-electron chi connectivity index (χ2n) is 3.83. The van der Waals surface area contributed by atoms with E-state index in [0.717, 1.165) is 2.88 Å². The van der Waals surface area contributed by atoms with Gasteiger partial charge in [-0.3, -0.25) is 4.79 Å². The van der Waals surface area contributed by atoms with Gasteiger partial charge >= 0.3 is 0 Å². The molecule has 0 aliphatic carbocycles. The Morgan fingerprint density at radius 2 is 1.90 bits per heavy atom. The highest BCUT2D eigenvalue weighted by Crippen LogP contribution is 2.19. The first-order valence-electron chi connectivity index (χ1n) is 5.51. The van der Waals surface area contributed by atoms with Gasteiger partial charge in [-0.05, 0) is 60.0 Å². The van der Waals surface area contributed by atoms with Crippen molar-refractivity contribution in [2.75, 3.05) is 12.4 Å². The zero-order valence-corrected chi connectivity index (χ0v) is 14.2. The van der Waals surface area contributed by atoms with Gasteiger partial charge in [0.05, 0.1) is 13.3 Å². The molecule has 0 fully saturated rings. The molecule has 2 rings (SSSR count). The molecule has 1 heterocycles. The lowest BCUT2D eigenvalue weighted by Crippen LogP contribution is -2.18. The molecule has 8 heteroatoms. The second-order valence-corrected chi connectivity index (χ2v) is 8.52. The molecule has 2 N–H and O–H groups in total. The molecular weight excluding hydrogens is 411 g/mol. The molecule has 0 spiro atoms. The third-order valence-electron chi connectivity index (χ3n) is 2.52. The fraction of sp³-hybridized carbons (Fsp3) is 0.0833. The molecule has 106 valence electrons. The number of benzene rings is 1. The molecule has 0 aliphatic heterocycles. The largest absolute Gasteiger partial charge is 0.322 e. The lowest BCUT2D eigenvalue weighted by Gasteiger charge is -2.06. The van der Waals surface area contributed by atoms with E-state index >= 15 is 0 Å². The minimum Gasteiger partial charge on any atom is -0.322 e. The SMILES string of the molecule is CNS(=O)(=O)c1ccc(NC(=O)c2csc(I)c2)cc1. The average molecular weight is 422 g/mol. The number of carbonyl (C=O) groups is 1. The highest BCUT2D eigenvalue weighted by atomic mass is 127. The minimum atomic E-state index is -3.45. The van der Waals surface area contributed by atoms with Crippen LogP contribution in [0.5, 0.6) is 0 Å². The number of carbonyl (C=O) groups excluding carboxylic acids is 1. The molecule has 5 nitrogen and oxygen atoms in total. The van der Waals surface area contributed by atoms with Crippen LogP contribution in [0.4, 0.5) is 5.69 Å². The number of hydrogen-bond donors (Lipinski definition) is 2. The van der Waals surface area contributed by atoms with Crippen molar-refractivity contribution in [3.8, 4) is 0 Å². The van der Waals surface area contributed by atoms with Crippen LogP contribution in [-0.4, -0.2) is 21.4 Å². The summed E-state index contributed by atoms with van der Waals surface area (Å²) >= 11 is 3.64. The first-order valence-corrected chi connectivity index (χ1v) is 8.95. The summed E-state index contributed by atoms with van der Waals surface area (Å²) in [6.45, 7) is 0. The van der Waals surface area contributed by atoms with E-state index in [2.05, 4.69) is 32.6 Å². The maximum absolute atomic E-state index is 11.9. The van der Waals surface area contributed by atoms with Crippen molar-refractivity contribution >= 4 is 55.5 Å². The van der Waals surface area contributed by atoms with Crippen molar-refractivity contribution in [3.05, 3.63) is 44.2 Å². The van der Waals surface area contributed by atoms with Gasteiger partial charge < -0.3 is 5.32 Å². The number of rotatable bonds is 4. The molecule has 20 heavy (non-hydrogen) atoms. The zero-order valence-electron chi connectivity index (χ0n) is 10.4. The summed E-state index contributed by atoms with van der Waals surface area (Å²) in [5.74, 6) is -0.214. The van der Waals surface area contributed by atoms with E-state index in [4.69, 9.17) is 0 Å². The van der Waals surface area contributed by atoms with Gasteiger partial charge in [0.1, 0.15) is 0 Å². The topological polar surface area (TPSA) is 75.3 Å². The standard InChI is InChI=1S/C12H11IN2O3S2/c1-14-20(17,18)10-4-2-9(3-5-10)15-12(16)8-6-11(13)19-7-8/h2-7,14H,1H3,(H,15,16). The molecule has 0 saturated carbocycles. The third-order valence-corrected chi connectivity index (χ3v) is 5.74. The van der Waals surface area contributed by atoms with Gasteiger partial charge in [0.25, 0.3) is 5.91 Å². The summed E-state index contributed by atoms with van der Waals surface area (Å²) in [6.07, 6.45) is 0. The Morgan fingerprint density at radius 1 is 1.25 bits per heavy atom. The van der Waals surface area contributed by atoms with Crippen molar-refractivity contribution in [1.82, 2.24) is 4.72 Å². The summed E-state index contributed by atoms with van der Waals surface area (Å²) in [6, 6.07) is 7.79. The van der Waals surface area contributed by atoms with E-state index in [-0.39, 0.29) is 10.8 Å². The van der Waals surface area contributed by atoms with E-state index in [1.54, 1.807) is 23.6 Å². The molecule has 0 aliphatic rings. The predicted molar refractivity (Wildman–Crippen MR) is 87.7 cm³/mol. The van der Waals surface area contributed by atoms with Crippen molar-refractivity contribution in [1.29, 1.82) is 0 Å². The Hall–Kier alpha value is -0.970. The molecule has 2 aromatic rings. The molecule has 0 atom stereocenters. The Kier molecular flexibility index (Phi) is 4.78. The number of anilines is 1. The molecule has 1 aromatic heterocycles. The van der Waals surface area contributed by atoms with Crippen molar-refractivity contribution in [2.45, 2.75) is 4.90 Å². The van der Waals surface area contributed by atoms with Gasteiger partial charge in [-0.2, -0.15) is 0 Å². The maximum atomic E-state index is 11.9. The Morgan fingerprint density at radius 3 is 2.40 bits per heavy atom. The van der Waals surface area contributed by atoms with Crippen LogP contribution in [0.25, 0.3) is 0 Å². The number of amides is 1. The van der Waals surface area contributed by atoms with Gasteiger partial charge in [0.15, 0.2) is 0 Å². The van der Waals surface area contributed by atoms with E-state index < -0.39 is 10.0 Å². The highest BCUT2D eigenvalue weighted by Gasteiger charge is 2.12. The Labute approximate surface area is 134 Å². The molecule has 0 bridgehead atoms. The van der Waals surface area contributed by atoms with E-state index in [9.17, 15) is 13.2 Å². The van der Waals surface area contributed by atoms with Gasteiger partial charge in [0, 0.05) is 11.1 Å². The van der Waals surface area contributed by atoms with Crippen LogP contribution < -0.4 is 10.0 Å². The molecule has 0 unspecified atom stereocenters. The van der Waals surface area contributed by atoms with Crippen LogP contribution >= 0.6 is 33.9 Å². The first-order chi connectivity index (χ1) is 9.42. The lowest BCUT2D eigenvalue weighted by molar-refractivity contribution is 0.102. The van der Waals surface area contributed by atoms with Crippen LogP contribution in [0.2, 0.25) is 0 Å². The molecule has 1 aromatic carbocycles. The van der Waals surface area contributed by atoms with Crippen LogP contribution in [0, 0.1) is 2.88 Å². The maximum Gasteiger partial charge on any atom is 0.256 e. The smallest absolute Gasteiger partial charge is 0.256 e. The van der Waals surface area contributed by atoms with E-state index in [1.165, 1.54) is 30.5 Å². The third kappa shape index (κ3) is 3.57. The van der Waals surface area contributed by atoms with E-state index in [1.807, 2.05) is 0 Å². The van der Waals surface area contributed by atoms with Crippen LogP contribution in [0.1, 0.15) is 10.4 Å². The molecule has 0 radical (unpaired) electrons. The number of halogens is 1. The number of sulfonamides is 1. The van der Waals surface area contributed by atoms with Gasteiger partial charge in [0.2, 0.25) is 10.0 Å². The van der Waals surface area contributed by atoms with Crippen LogP contribution in [0.3, 0.4) is 0 Å². The molecule has 0 saturated heterocycles. The molecule has 1 amide bonds. The molecular formula is C12H11IN2O3S2. The minimum absolute atomic E-state index is 0.156. The van der Waals surface area contributed by atoms with Crippen LogP contribution in [0.15, 0.2) is 40.6 Å². The summed E-state index contributed by atoms with van der Waals surface area (Å²) in [5, 5.41) is 4.49. The van der Waals surface area contributed by atoms with Crippen LogP contribution in [-0.2, 0) is 10.0 Å². The van der Waals surface area contributed by atoms with Crippen molar-refractivity contribution in [3.63, 3.8) is 0 Å². The van der Waals surface area contributed by atoms with Gasteiger partial charge in [-0.25, -0.2) is 13.1 Å². The Balaban J connectivity index is 2.14. The van der Waals surface area contributed by atoms with Crippen molar-refractivity contribution in [2.24, 2.45) is 0 Å². The fourth-order valence-electron chi connectivity index (χ4n) is 1.47. The normalized spacial score (nSPS) is 11.3. The highest BCUT2D eigenvalue weighted by molar-refractivity contribution is 14.1.